The van der Waals surface area contributed by atoms with E-state index in [0.29, 0.717) is 5.92 Å². The Bertz CT molecular complexity index is 334. The number of hydrogen-bond donors (Lipinski definition) is 0. The Morgan fingerprint density at radius 3 is 2.45 bits per heavy atom. The van der Waals surface area contributed by atoms with Crippen molar-refractivity contribution in [2.75, 3.05) is 5.88 Å². The van der Waals surface area contributed by atoms with Crippen molar-refractivity contribution in [1.82, 2.24) is 4.90 Å². The summed E-state index contributed by atoms with van der Waals surface area (Å²) < 4.78 is 5.94. The molecule has 2 atom stereocenters. The zero-order valence-electron chi connectivity index (χ0n) is 13.4. The normalized spacial score (nSPS) is 28.8. The van der Waals surface area contributed by atoms with E-state index >= 15 is 0 Å². The van der Waals surface area contributed by atoms with Gasteiger partial charge in [-0.3, -0.25) is 4.90 Å². The monoisotopic (exact) mass is 299 g/mol. The molecule has 0 spiro atoms. The van der Waals surface area contributed by atoms with E-state index in [4.69, 9.17) is 4.74 Å². The summed E-state index contributed by atoms with van der Waals surface area (Å²) in [6.07, 6.45) is 7.44. The molecular formula is C16H29NO2S. The predicted octanol–water partition coefficient (Wildman–Crippen LogP) is 4.66. The summed E-state index contributed by atoms with van der Waals surface area (Å²) in [5, 5.41) is 0. The van der Waals surface area contributed by atoms with Crippen molar-refractivity contribution in [1.29, 1.82) is 0 Å². The van der Waals surface area contributed by atoms with Crippen molar-refractivity contribution in [3.63, 3.8) is 0 Å². The topological polar surface area (TPSA) is 29.5 Å². The molecule has 1 saturated heterocycles. The van der Waals surface area contributed by atoms with Crippen LogP contribution in [-0.4, -0.2) is 33.8 Å². The maximum atomic E-state index is 12.2. The molecule has 2 fully saturated rings. The minimum absolute atomic E-state index is 0.0934. The van der Waals surface area contributed by atoms with Gasteiger partial charge in [0.15, 0.2) is 0 Å². The summed E-state index contributed by atoms with van der Waals surface area (Å²) in [4.78, 5) is 14.2. The number of thioether (sulfide) groups is 1. The fourth-order valence-corrected chi connectivity index (χ4v) is 4.14. The molecule has 2 aliphatic rings. The number of rotatable bonds is 4. The molecule has 0 bridgehead atoms. The van der Waals surface area contributed by atoms with Crippen molar-refractivity contribution < 1.29 is 9.53 Å². The molecule has 116 valence electrons. The Labute approximate surface area is 127 Å². The fraction of sp³-hybridized carbons (Fsp3) is 0.938. The lowest BCUT2D eigenvalue weighted by atomic mass is 9.82. The van der Waals surface area contributed by atoms with E-state index in [1.165, 1.54) is 32.1 Å². The van der Waals surface area contributed by atoms with E-state index in [0.717, 1.165) is 12.3 Å². The van der Waals surface area contributed by atoms with Gasteiger partial charge in [0.2, 0.25) is 0 Å². The average Bonchev–Trinajstić information content (AvgIpc) is 2.73. The van der Waals surface area contributed by atoms with Crippen molar-refractivity contribution in [2.24, 2.45) is 5.92 Å². The van der Waals surface area contributed by atoms with Crippen LogP contribution in [0.15, 0.2) is 0 Å². The highest BCUT2D eigenvalue weighted by Gasteiger charge is 2.44. The Morgan fingerprint density at radius 1 is 1.25 bits per heavy atom. The van der Waals surface area contributed by atoms with Crippen molar-refractivity contribution in [3.05, 3.63) is 0 Å². The molecule has 1 saturated carbocycles. The number of hydrogen-bond acceptors (Lipinski definition) is 3. The summed E-state index contributed by atoms with van der Waals surface area (Å²) in [5.74, 6) is 1.34. The van der Waals surface area contributed by atoms with Crippen LogP contribution in [0.4, 0.5) is 4.79 Å². The first-order chi connectivity index (χ1) is 9.42. The van der Waals surface area contributed by atoms with Crippen LogP contribution < -0.4 is 0 Å². The van der Waals surface area contributed by atoms with Gasteiger partial charge in [0.1, 0.15) is 6.10 Å². The molecule has 0 radical (unpaired) electrons. The number of nitrogens with zero attached hydrogens (tertiary/aromatic N) is 1. The van der Waals surface area contributed by atoms with E-state index in [9.17, 15) is 4.79 Å². The van der Waals surface area contributed by atoms with E-state index in [1.54, 1.807) is 0 Å². The third kappa shape index (κ3) is 3.84. The highest BCUT2D eigenvalue weighted by molar-refractivity contribution is 8.00. The van der Waals surface area contributed by atoms with Gasteiger partial charge in [-0.05, 0) is 25.2 Å². The maximum absolute atomic E-state index is 12.2. The standard InChI is InChI=1S/C16H29NO2S/c1-5-13-14(12-9-7-6-8-10-12)19-15(18)17(13)11-20-16(2,3)4/h12-14H,5-11H2,1-4H3/t13-,14+/m1/s1. The van der Waals surface area contributed by atoms with Crippen LogP contribution in [0.3, 0.4) is 0 Å². The molecule has 1 heterocycles. The van der Waals surface area contributed by atoms with Crippen LogP contribution in [0.1, 0.15) is 66.2 Å². The second-order valence-corrected chi connectivity index (χ2v) is 8.85. The summed E-state index contributed by atoms with van der Waals surface area (Å²) in [7, 11) is 0. The minimum atomic E-state index is -0.0934. The zero-order valence-corrected chi connectivity index (χ0v) is 14.2. The van der Waals surface area contributed by atoms with Crippen LogP contribution in [0.2, 0.25) is 0 Å². The number of carbonyl (C=O) groups excluding carboxylic acids is 1. The first-order valence-electron chi connectivity index (χ1n) is 8.03. The molecule has 0 aromatic rings. The second kappa shape index (κ2) is 6.59. The van der Waals surface area contributed by atoms with E-state index in [1.807, 2.05) is 16.7 Å². The van der Waals surface area contributed by atoms with Gasteiger partial charge < -0.3 is 4.74 Å². The summed E-state index contributed by atoms with van der Waals surface area (Å²) >= 11 is 1.83. The van der Waals surface area contributed by atoms with Gasteiger partial charge in [-0.2, -0.15) is 0 Å². The van der Waals surface area contributed by atoms with Crippen LogP contribution >= 0.6 is 11.8 Å². The summed E-state index contributed by atoms with van der Waals surface area (Å²) in [5.41, 5.74) is 0. The average molecular weight is 299 g/mol. The van der Waals surface area contributed by atoms with Gasteiger partial charge in [0.05, 0.1) is 11.9 Å². The molecule has 0 N–H and O–H groups in total. The number of cyclic esters (lactones) is 1. The molecular weight excluding hydrogens is 270 g/mol. The summed E-state index contributed by atoms with van der Waals surface area (Å²) in [6, 6.07) is 0.278. The van der Waals surface area contributed by atoms with Gasteiger partial charge in [0.25, 0.3) is 0 Å². The Morgan fingerprint density at radius 2 is 1.90 bits per heavy atom. The van der Waals surface area contributed by atoms with Gasteiger partial charge in [-0.15, -0.1) is 11.8 Å². The number of amides is 1. The van der Waals surface area contributed by atoms with Gasteiger partial charge in [0, 0.05) is 4.75 Å². The first kappa shape index (κ1) is 16.0. The Kier molecular flexibility index (Phi) is 5.27. The SMILES string of the molecule is CC[C@@H]1[C@H](C2CCCCC2)OC(=O)N1CSC(C)(C)C. The van der Waals surface area contributed by atoms with Crippen LogP contribution in [0, 0.1) is 5.92 Å². The number of ether oxygens (including phenoxy) is 1. The highest BCUT2D eigenvalue weighted by atomic mass is 32.2. The minimum Gasteiger partial charge on any atom is -0.444 e. The van der Waals surface area contributed by atoms with Gasteiger partial charge >= 0.3 is 6.09 Å². The molecule has 1 aliphatic carbocycles. The zero-order chi connectivity index (χ0) is 14.8. The maximum Gasteiger partial charge on any atom is 0.411 e. The lowest BCUT2D eigenvalue weighted by Crippen LogP contribution is -2.40. The van der Waals surface area contributed by atoms with Crippen LogP contribution in [0.5, 0.6) is 0 Å². The van der Waals surface area contributed by atoms with Crippen molar-refractivity contribution in [3.8, 4) is 0 Å². The quantitative estimate of drug-likeness (QED) is 0.756. The van der Waals surface area contributed by atoms with Crippen LogP contribution in [-0.2, 0) is 4.74 Å². The lowest BCUT2D eigenvalue weighted by Gasteiger charge is -2.31. The van der Waals surface area contributed by atoms with Crippen molar-refractivity contribution >= 4 is 17.9 Å². The smallest absolute Gasteiger partial charge is 0.411 e. The first-order valence-corrected chi connectivity index (χ1v) is 9.02. The highest BCUT2D eigenvalue weighted by Crippen LogP contribution is 2.37. The second-order valence-electron chi connectivity index (χ2n) is 7.08. The third-order valence-electron chi connectivity index (χ3n) is 4.42. The Balaban J connectivity index is 2.00. The van der Waals surface area contributed by atoms with E-state index in [2.05, 4.69) is 27.7 Å². The lowest BCUT2D eigenvalue weighted by molar-refractivity contribution is 0.0727. The molecule has 3 nitrogen and oxygen atoms in total. The van der Waals surface area contributed by atoms with Crippen LogP contribution in [0.25, 0.3) is 0 Å². The summed E-state index contributed by atoms with van der Waals surface area (Å²) in [6.45, 7) is 8.76. The van der Waals surface area contributed by atoms with E-state index in [-0.39, 0.29) is 23.0 Å². The van der Waals surface area contributed by atoms with Gasteiger partial charge in [-0.25, -0.2) is 4.79 Å². The van der Waals surface area contributed by atoms with Crippen molar-refractivity contribution in [2.45, 2.75) is 83.1 Å². The predicted molar refractivity (Wildman–Crippen MR) is 85.0 cm³/mol. The molecule has 1 aliphatic heterocycles. The molecule has 1 amide bonds. The molecule has 0 unspecified atom stereocenters. The van der Waals surface area contributed by atoms with Gasteiger partial charge in [-0.1, -0.05) is 47.0 Å². The number of carbonyl (C=O) groups is 1. The van der Waals surface area contributed by atoms with E-state index < -0.39 is 0 Å². The molecule has 2 rings (SSSR count). The molecule has 0 aromatic heterocycles. The molecule has 4 heteroatoms. The molecule has 0 aromatic carbocycles. The third-order valence-corrected chi connectivity index (χ3v) is 5.69. The fourth-order valence-electron chi connectivity index (χ4n) is 3.31. The largest absolute Gasteiger partial charge is 0.444 e. The molecule has 20 heavy (non-hydrogen) atoms. The Hall–Kier alpha value is -0.380.